The number of cyclic esters (lactones) is 2. The van der Waals surface area contributed by atoms with Gasteiger partial charge in [-0.3, -0.25) is 14.4 Å². The summed E-state index contributed by atoms with van der Waals surface area (Å²) in [6.45, 7) is 12.3. The second-order valence-corrected chi connectivity index (χ2v) is 14.6. The number of aliphatic hydroxyl groups excluding tert-OH is 1. The van der Waals surface area contributed by atoms with Gasteiger partial charge in [-0.05, 0) is 74.4 Å². The lowest BCUT2D eigenvalue weighted by Gasteiger charge is -2.32. The van der Waals surface area contributed by atoms with Crippen LogP contribution in [0.2, 0.25) is 5.02 Å². The van der Waals surface area contributed by atoms with Crippen molar-refractivity contribution >= 4 is 47.0 Å². The maximum atomic E-state index is 13.6. The van der Waals surface area contributed by atoms with Gasteiger partial charge in [-0.25, -0.2) is 4.79 Å². The molecule has 0 aliphatic carbocycles. The maximum Gasteiger partial charge on any atom is 0.347 e. The number of carbonyl (C=O) groups excluding carboxylic acids is 4. The number of ether oxygens (including phenoxy) is 2. The van der Waals surface area contributed by atoms with Crippen molar-refractivity contribution in [1.29, 1.82) is 0 Å². The smallest absolute Gasteiger partial charge is 0.347 e. The van der Waals surface area contributed by atoms with Crippen LogP contribution in [0.3, 0.4) is 0 Å². The van der Waals surface area contributed by atoms with Gasteiger partial charge in [-0.2, -0.15) is 0 Å². The fraction of sp³-hybridized carbons (Fsp3) is 0.514. The Labute approximate surface area is 293 Å². The zero-order valence-corrected chi connectivity index (χ0v) is 30.2. The Hall–Kier alpha value is -3.40. The number of rotatable bonds is 8. The summed E-state index contributed by atoms with van der Waals surface area (Å²) in [7, 11) is 0. The highest BCUT2D eigenvalue weighted by molar-refractivity contribution is 6.31. The molecule has 1 aliphatic rings. The van der Waals surface area contributed by atoms with Crippen LogP contribution in [-0.4, -0.2) is 59.8 Å². The summed E-state index contributed by atoms with van der Waals surface area (Å²) in [6.07, 6.45) is -0.159. The zero-order chi connectivity index (χ0) is 35.8. The highest BCUT2D eigenvalue weighted by Gasteiger charge is 2.38. The van der Waals surface area contributed by atoms with E-state index in [2.05, 4.69) is 10.6 Å². The predicted octanol–water partition coefficient (Wildman–Crippen LogP) is 5.93. The third-order valence-electron chi connectivity index (χ3n) is 8.58. The maximum absolute atomic E-state index is 13.6. The van der Waals surface area contributed by atoms with E-state index < -0.39 is 64.8 Å². The van der Waals surface area contributed by atoms with Gasteiger partial charge in [0.25, 0.3) is 0 Å². The van der Waals surface area contributed by atoms with E-state index in [9.17, 15) is 24.3 Å². The average Bonchev–Trinajstić information content (AvgIpc) is 3.02. The molecule has 3 N–H and O–H groups in total. The lowest BCUT2D eigenvalue weighted by Crippen LogP contribution is -2.51. The van der Waals surface area contributed by atoms with Crippen LogP contribution < -0.4 is 10.6 Å². The Bertz CT molecular complexity index is 1490. The van der Waals surface area contributed by atoms with Crippen molar-refractivity contribution in [2.75, 3.05) is 6.54 Å². The van der Waals surface area contributed by atoms with E-state index in [4.69, 9.17) is 32.7 Å². The van der Waals surface area contributed by atoms with Crippen molar-refractivity contribution in [2.45, 2.75) is 97.5 Å². The van der Waals surface area contributed by atoms with Gasteiger partial charge in [-0.15, -0.1) is 11.6 Å². The Morgan fingerprint density at radius 1 is 1.00 bits per heavy atom. The molecule has 3 rings (SSSR count). The van der Waals surface area contributed by atoms with Crippen LogP contribution in [0, 0.1) is 31.1 Å². The van der Waals surface area contributed by atoms with Crippen molar-refractivity contribution in [3.05, 3.63) is 81.9 Å². The molecule has 0 spiro atoms. The first-order valence-corrected chi connectivity index (χ1v) is 17.1. The van der Waals surface area contributed by atoms with Crippen LogP contribution in [0.5, 0.6) is 0 Å². The monoisotopic (exact) mass is 702 g/mol. The summed E-state index contributed by atoms with van der Waals surface area (Å²) in [6, 6.07) is 11.8. The normalized spacial score (nSPS) is 23.7. The summed E-state index contributed by atoms with van der Waals surface area (Å²) in [5.74, 6) is -3.25. The van der Waals surface area contributed by atoms with E-state index in [0.717, 1.165) is 22.3 Å². The number of halogens is 2. The molecule has 0 radical (unpaired) electrons. The molecular formula is C37H48Cl2N2O7. The molecule has 0 saturated carbocycles. The second kappa shape index (κ2) is 17.3. The van der Waals surface area contributed by atoms with E-state index >= 15 is 0 Å². The number of aliphatic hydroxyl groups is 1. The molecule has 6 atom stereocenters. The minimum Gasteiger partial charge on any atom is -0.459 e. The van der Waals surface area contributed by atoms with Gasteiger partial charge in [0.2, 0.25) is 11.8 Å². The number of amides is 2. The summed E-state index contributed by atoms with van der Waals surface area (Å²) in [4.78, 5) is 53.6. The Morgan fingerprint density at radius 2 is 1.69 bits per heavy atom. The number of nitrogens with one attached hydrogen (secondary N) is 2. The van der Waals surface area contributed by atoms with E-state index in [1.807, 2.05) is 64.1 Å². The fourth-order valence-corrected chi connectivity index (χ4v) is 5.99. The molecule has 0 bridgehead atoms. The Morgan fingerprint density at radius 3 is 2.33 bits per heavy atom. The first-order valence-electron chi connectivity index (χ1n) is 16.3. The molecule has 48 heavy (non-hydrogen) atoms. The molecule has 1 heterocycles. The lowest BCUT2D eigenvalue weighted by atomic mass is 9.89. The highest BCUT2D eigenvalue weighted by Crippen LogP contribution is 2.34. The minimum atomic E-state index is -1.23. The van der Waals surface area contributed by atoms with Gasteiger partial charge >= 0.3 is 11.9 Å². The number of esters is 2. The standard InChI is InChI=1S/C37H48Cl2N2O7/c1-21(2)17-30-35(45)47-29(24(5)33(43)32(39)26-12-9-8-11-22(26)3)13-10-14-31(42)41-28(19-25-16-15-23(4)27(38)18-25)34(44)40-20-37(6,7)36(46)48-30/h8-12,14-16,18,21,24,28-30,32-33,43H,13,17,19-20H2,1-7H3,(H,40,44)(H,41,42)/b14-10+. The second-order valence-electron chi connectivity index (χ2n) is 13.7. The molecule has 2 aromatic carbocycles. The van der Waals surface area contributed by atoms with E-state index in [0.29, 0.717) is 5.02 Å². The molecule has 0 aromatic heterocycles. The molecule has 9 nitrogen and oxygen atoms in total. The number of alkyl halides is 1. The molecule has 2 aromatic rings. The van der Waals surface area contributed by atoms with Crippen LogP contribution in [0.25, 0.3) is 0 Å². The average molecular weight is 704 g/mol. The van der Waals surface area contributed by atoms with Gasteiger partial charge in [0.05, 0.1) is 16.9 Å². The molecule has 6 unspecified atom stereocenters. The van der Waals surface area contributed by atoms with Crippen molar-refractivity contribution in [1.82, 2.24) is 10.6 Å². The zero-order valence-electron chi connectivity index (χ0n) is 28.7. The number of aryl methyl sites for hydroxylation is 2. The number of hydrogen-bond donors (Lipinski definition) is 3. The predicted molar refractivity (Wildman–Crippen MR) is 187 cm³/mol. The van der Waals surface area contributed by atoms with Crippen LogP contribution >= 0.6 is 23.2 Å². The largest absolute Gasteiger partial charge is 0.459 e. The van der Waals surface area contributed by atoms with Crippen molar-refractivity contribution in [3.63, 3.8) is 0 Å². The Balaban J connectivity index is 1.97. The summed E-state index contributed by atoms with van der Waals surface area (Å²) in [5.41, 5.74) is 2.01. The van der Waals surface area contributed by atoms with Gasteiger partial charge in [-0.1, -0.05) is 74.8 Å². The first-order chi connectivity index (χ1) is 22.5. The van der Waals surface area contributed by atoms with Crippen LogP contribution in [0.4, 0.5) is 0 Å². The van der Waals surface area contributed by atoms with Gasteiger partial charge in [0.15, 0.2) is 6.10 Å². The first kappa shape index (κ1) is 39.0. The summed E-state index contributed by atoms with van der Waals surface area (Å²) in [5, 5.41) is 16.6. The molecule has 2 amide bonds. The van der Waals surface area contributed by atoms with Crippen LogP contribution in [0.15, 0.2) is 54.6 Å². The van der Waals surface area contributed by atoms with E-state index in [1.165, 1.54) is 12.2 Å². The quantitative estimate of drug-likeness (QED) is 0.230. The highest BCUT2D eigenvalue weighted by atomic mass is 35.5. The van der Waals surface area contributed by atoms with Crippen molar-refractivity contribution < 1.29 is 33.8 Å². The topological polar surface area (TPSA) is 131 Å². The molecular weight excluding hydrogens is 655 g/mol. The fourth-order valence-electron chi connectivity index (χ4n) is 5.31. The number of hydrogen-bond acceptors (Lipinski definition) is 7. The molecule has 1 aliphatic heterocycles. The SMILES string of the molecule is Cc1ccc(CC2NC(=O)/C=C/CC(C(C)C(O)C(Cl)c3ccccc3C)OC(=O)C(CC(C)C)OC(=O)C(C)(C)CNC2=O)cc1Cl. The minimum absolute atomic E-state index is 0.0295. The van der Waals surface area contributed by atoms with E-state index in [-0.39, 0.29) is 31.7 Å². The van der Waals surface area contributed by atoms with Gasteiger partial charge in [0.1, 0.15) is 12.1 Å². The number of carbonyl (C=O) groups is 4. The lowest BCUT2D eigenvalue weighted by molar-refractivity contribution is -0.180. The summed E-state index contributed by atoms with van der Waals surface area (Å²) < 4.78 is 11.7. The van der Waals surface area contributed by atoms with Gasteiger partial charge in [0, 0.05) is 30.3 Å². The third-order valence-corrected chi connectivity index (χ3v) is 9.48. The van der Waals surface area contributed by atoms with Crippen LogP contribution in [0.1, 0.15) is 75.1 Å². The molecule has 0 saturated heterocycles. The summed E-state index contributed by atoms with van der Waals surface area (Å²) >= 11 is 13.1. The van der Waals surface area contributed by atoms with Crippen molar-refractivity contribution in [2.24, 2.45) is 17.3 Å². The third kappa shape index (κ3) is 10.8. The number of benzene rings is 2. The molecule has 11 heteroatoms. The van der Waals surface area contributed by atoms with Crippen molar-refractivity contribution in [3.8, 4) is 0 Å². The van der Waals surface area contributed by atoms with Crippen LogP contribution in [-0.2, 0) is 35.1 Å². The molecule has 262 valence electrons. The van der Waals surface area contributed by atoms with E-state index in [1.54, 1.807) is 26.8 Å². The Kier molecular flexibility index (Phi) is 14.1. The van der Waals surface area contributed by atoms with Gasteiger partial charge < -0.3 is 25.2 Å². The molecule has 0 fully saturated rings.